The van der Waals surface area contributed by atoms with Crippen LogP contribution in [-0.2, 0) is 10.0 Å². The number of pyridine rings is 1. The van der Waals surface area contributed by atoms with Crippen LogP contribution in [0.15, 0.2) is 47.5 Å². The average Bonchev–Trinajstić information content (AvgIpc) is 2.41. The first-order valence-electron chi connectivity index (χ1n) is 5.16. The Kier molecular flexibility index (Phi) is 3.44. The molecule has 0 amide bonds. The second-order valence-corrected chi connectivity index (χ2v) is 5.29. The van der Waals surface area contributed by atoms with Gasteiger partial charge in [-0.2, -0.15) is 5.26 Å². The number of halogens is 1. The van der Waals surface area contributed by atoms with Crippen molar-refractivity contribution in [2.45, 2.75) is 4.90 Å². The van der Waals surface area contributed by atoms with Crippen LogP contribution in [0, 0.1) is 17.1 Å². The fourth-order valence-corrected chi connectivity index (χ4v) is 2.35. The normalized spacial score (nSPS) is 10.7. The summed E-state index contributed by atoms with van der Waals surface area (Å²) in [6, 6.07) is 9.62. The van der Waals surface area contributed by atoms with Crippen LogP contribution in [0.3, 0.4) is 0 Å². The Morgan fingerprint density at radius 2 is 1.84 bits per heavy atom. The lowest BCUT2D eigenvalue weighted by molar-refractivity contribution is 0.600. The monoisotopic (exact) mass is 277 g/mol. The number of nitriles is 1. The number of nitrogens with one attached hydrogen (secondary N) is 1. The number of anilines is 1. The van der Waals surface area contributed by atoms with E-state index in [1.165, 1.54) is 30.3 Å². The molecule has 0 spiro atoms. The van der Waals surface area contributed by atoms with Crippen LogP contribution >= 0.6 is 0 Å². The third-order valence-electron chi connectivity index (χ3n) is 2.26. The maximum absolute atomic E-state index is 12.7. The van der Waals surface area contributed by atoms with Gasteiger partial charge in [0.15, 0.2) is 0 Å². The van der Waals surface area contributed by atoms with E-state index in [9.17, 15) is 12.8 Å². The minimum atomic E-state index is -3.80. The highest BCUT2D eigenvalue weighted by Gasteiger charge is 2.14. The van der Waals surface area contributed by atoms with Crippen molar-refractivity contribution in [3.8, 4) is 6.07 Å². The first-order chi connectivity index (χ1) is 9.01. The molecule has 0 radical (unpaired) electrons. The first kappa shape index (κ1) is 13.0. The molecule has 0 bridgehead atoms. The van der Waals surface area contributed by atoms with Crippen molar-refractivity contribution in [3.05, 3.63) is 54.0 Å². The maximum Gasteiger partial charge on any atom is 0.263 e. The molecule has 2 aromatic rings. The summed E-state index contributed by atoms with van der Waals surface area (Å²) in [7, 11) is -3.80. The quantitative estimate of drug-likeness (QED) is 0.928. The van der Waals surface area contributed by atoms with Gasteiger partial charge in [0.05, 0.1) is 22.7 Å². The molecule has 1 aromatic heterocycles. The first-order valence-corrected chi connectivity index (χ1v) is 6.64. The molecule has 0 saturated heterocycles. The van der Waals surface area contributed by atoms with E-state index in [0.29, 0.717) is 5.56 Å². The number of sulfonamides is 1. The molecule has 1 N–H and O–H groups in total. The molecule has 0 fully saturated rings. The Hall–Kier alpha value is -2.46. The van der Waals surface area contributed by atoms with Crippen LogP contribution < -0.4 is 4.72 Å². The Labute approximate surface area is 109 Å². The lowest BCUT2D eigenvalue weighted by atomic mass is 10.2. The summed E-state index contributed by atoms with van der Waals surface area (Å²) < 4.78 is 38.8. The van der Waals surface area contributed by atoms with E-state index >= 15 is 0 Å². The van der Waals surface area contributed by atoms with Gasteiger partial charge in [0.1, 0.15) is 11.6 Å². The highest BCUT2D eigenvalue weighted by Crippen LogP contribution is 2.14. The largest absolute Gasteiger partial charge is 0.263 e. The van der Waals surface area contributed by atoms with Crippen molar-refractivity contribution in [2.24, 2.45) is 0 Å². The van der Waals surface area contributed by atoms with E-state index in [2.05, 4.69) is 9.71 Å². The molecule has 19 heavy (non-hydrogen) atoms. The number of hydrogen-bond donors (Lipinski definition) is 1. The fraction of sp³-hybridized carbons (Fsp3) is 0. The molecule has 0 aliphatic heterocycles. The lowest BCUT2D eigenvalue weighted by Crippen LogP contribution is -2.13. The van der Waals surface area contributed by atoms with Gasteiger partial charge in [0, 0.05) is 0 Å². The van der Waals surface area contributed by atoms with Crippen molar-refractivity contribution in [3.63, 3.8) is 0 Å². The number of nitrogens with zero attached hydrogens (tertiary/aromatic N) is 2. The molecular formula is C12H8FN3O2S. The SMILES string of the molecule is N#Cc1ccc(S(=O)(=O)Nc2ccc(F)cn2)cc1. The van der Waals surface area contributed by atoms with Crippen molar-refractivity contribution in [1.29, 1.82) is 5.26 Å². The summed E-state index contributed by atoms with van der Waals surface area (Å²) in [6.45, 7) is 0. The molecule has 7 heteroatoms. The van der Waals surface area contributed by atoms with Gasteiger partial charge >= 0.3 is 0 Å². The Bertz CT molecular complexity index is 719. The van der Waals surface area contributed by atoms with Gasteiger partial charge < -0.3 is 0 Å². The molecule has 1 heterocycles. The highest BCUT2D eigenvalue weighted by molar-refractivity contribution is 7.92. The third-order valence-corrected chi connectivity index (χ3v) is 3.63. The summed E-state index contributed by atoms with van der Waals surface area (Å²) in [6.07, 6.45) is 0.913. The summed E-state index contributed by atoms with van der Waals surface area (Å²) in [5.74, 6) is -0.535. The predicted molar refractivity (Wildman–Crippen MR) is 66.2 cm³/mol. The van der Waals surface area contributed by atoms with Crippen molar-refractivity contribution in [1.82, 2.24) is 4.98 Å². The van der Waals surface area contributed by atoms with Crippen LogP contribution in [0.25, 0.3) is 0 Å². The van der Waals surface area contributed by atoms with Crippen LogP contribution in [0.1, 0.15) is 5.56 Å². The van der Waals surface area contributed by atoms with E-state index in [0.717, 1.165) is 12.3 Å². The number of hydrogen-bond acceptors (Lipinski definition) is 4. The minimum absolute atomic E-state index is 0.00220. The van der Waals surface area contributed by atoms with Gasteiger partial charge in [-0.15, -0.1) is 0 Å². The number of aromatic nitrogens is 1. The molecule has 2 rings (SSSR count). The Balaban J connectivity index is 2.27. The third kappa shape index (κ3) is 3.05. The minimum Gasteiger partial charge on any atom is -0.263 e. The lowest BCUT2D eigenvalue weighted by Gasteiger charge is -2.06. The van der Waals surface area contributed by atoms with E-state index in [4.69, 9.17) is 5.26 Å². The summed E-state index contributed by atoms with van der Waals surface area (Å²) in [5.41, 5.74) is 0.360. The van der Waals surface area contributed by atoms with Gasteiger partial charge in [0.25, 0.3) is 10.0 Å². The highest BCUT2D eigenvalue weighted by atomic mass is 32.2. The van der Waals surface area contributed by atoms with E-state index in [1.807, 2.05) is 6.07 Å². The molecule has 0 aliphatic rings. The Morgan fingerprint density at radius 3 is 2.37 bits per heavy atom. The molecular weight excluding hydrogens is 269 g/mol. The zero-order chi connectivity index (χ0) is 13.9. The number of benzene rings is 1. The average molecular weight is 277 g/mol. The van der Waals surface area contributed by atoms with Crippen molar-refractivity contribution in [2.75, 3.05) is 4.72 Å². The molecule has 96 valence electrons. The number of rotatable bonds is 3. The van der Waals surface area contributed by atoms with Gasteiger partial charge in [-0.05, 0) is 36.4 Å². The van der Waals surface area contributed by atoms with Crippen LogP contribution in [0.4, 0.5) is 10.2 Å². The van der Waals surface area contributed by atoms with Crippen LogP contribution in [-0.4, -0.2) is 13.4 Å². The second kappa shape index (κ2) is 5.04. The van der Waals surface area contributed by atoms with Gasteiger partial charge in [-0.1, -0.05) is 0 Å². The molecule has 0 aliphatic carbocycles. The summed E-state index contributed by atoms with van der Waals surface area (Å²) in [4.78, 5) is 3.60. The van der Waals surface area contributed by atoms with Crippen LogP contribution in [0.2, 0.25) is 0 Å². The molecule has 0 unspecified atom stereocenters. The van der Waals surface area contributed by atoms with Crippen LogP contribution in [0.5, 0.6) is 0 Å². The van der Waals surface area contributed by atoms with E-state index < -0.39 is 15.8 Å². The zero-order valence-corrected chi connectivity index (χ0v) is 10.4. The predicted octanol–water partition coefficient (Wildman–Crippen LogP) is 1.89. The smallest absolute Gasteiger partial charge is 0.263 e. The fourth-order valence-electron chi connectivity index (χ4n) is 1.34. The standard InChI is InChI=1S/C12H8FN3O2S/c13-10-3-6-12(15-8-10)16-19(17,18)11-4-1-9(7-14)2-5-11/h1-6,8H,(H,15,16). The van der Waals surface area contributed by atoms with E-state index in [-0.39, 0.29) is 10.7 Å². The summed E-state index contributed by atoms with van der Waals surface area (Å²) in [5, 5.41) is 8.63. The molecule has 0 saturated carbocycles. The molecule has 1 aromatic carbocycles. The second-order valence-electron chi connectivity index (χ2n) is 3.60. The van der Waals surface area contributed by atoms with Crippen molar-refractivity contribution >= 4 is 15.8 Å². The van der Waals surface area contributed by atoms with E-state index in [1.54, 1.807) is 0 Å². The maximum atomic E-state index is 12.7. The Morgan fingerprint density at radius 1 is 1.16 bits per heavy atom. The zero-order valence-electron chi connectivity index (χ0n) is 9.54. The summed E-state index contributed by atoms with van der Waals surface area (Å²) >= 11 is 0. The van der Waals surface area contributed by atoms with Gasteiger partial charge in [-0.3, -0.25) is 4.72 Å². The molecule has 5 nitrogen and oxygen atoms in total. The van der Waals surface area contributed by atoms with Gasteiger partial charge in [-0.25, -0.2) is 17.8 Å². The molecule has 0 atom stereocenters. The van der Waals surface area contributed by atoms with Gasteiger partial charge in [0.2, 0.25) is 0 Å². The topological polar surface area (TPSA) is 82.8 Å². The van der Waals surface area contributed by atoms with Crippen molar-refractivity contribution < 1.29 is 12.8 Å².